The summed E-state index contributed by atoms with van der Waals surface area (Å²) < 4.78 is 5.30. The van der Waals surface area contributed by atoms with Crippen molar-refractivity contribution in [3.63, 3.8) is 0 Å². The zero-order valence-corrected chi connectivity index (χ0v) is 6.42. The van der Waals surface area contributed by atoms with Crippen molar-refractivity contribution in [1.82, 2.24) is 4.98 Å². The van der Waals surface area contributed by atoms with Gasteiger partial charge in [0.2, 0.25) is 0 Å². The average molecular weight is 147 g/mol. The van der Waals surface area contributed by atoms with Crippen LogP contribution in [0.15, 0.2) is 24.5 Å². The van der Waals surface area contributed by atoms with Gasteiger partial charge in [-0.3, -0.25) is 4.98 Å². The maximum Gasteiger partial charge on any atom is 0.148 e. The number of hydrogen-bond acceptors (Lipinski definition) is 2. The van der Waals surface area contributed by atoms with Gasteiger partial charge < -0.3 is 4.74 Å². The number of allylic oxidation sites excluding steroid dienone is 1. The van der Waals surface area contributed by atoms with Crippen LogP contribution in [0.1, 0.15) is 11.4 Å². The predicted molar refractivity (Wildman–Crippen MR) is 42.4 cm³/mol. The Bertz CT molecular complexity index is 317. The third kappa shape index (κ3) is 1.00. The number of pyridine rings is 1. The highest BCUT2D eigenvalue weighted by atomic mass is 16.5. The molecule has 2 nitrogen and oxygen atoms in total. The SMILES string of the molecule is C=C1Cc2nc(C)ccc2O1. The molecule has 0 radical (unpaired) electrons. The third-order valence-electron chi connectivity index (χ3n) is 1.69. The summed E-state index contributed by atoms with van der Waals surface area (Å²) >= 11 is 0. The van der Waals surface area contributed by atoms with Gasteiger partial charge in [-0.05, 0) is 19.1 Å². The van der Waals surface area contributed by atoms with Crippen molar-refractivity contribution in [3.05, 3.63) is 35.9 Å². The van der Waals surface area contributed by atoms with Crippen LogP contribution in [0.2, 0.25) is 0 Å². The molecule has 1 aromatic heterocycles. The number of ether oxygens (including phenoxy) is 1. The molecule has 2 heteroatoms. The number of rotatable bonds is 0. The largest absolute Gasteiger partial charge is 0.460 e. The summed E-state index contributed by atoms with van der Waals surface area (Å²) in [6, 6.07) is 3.88. The lowest BCUT2D eigenvalue weighted by molar-refractivity contribution is 0.449. The highest BCUT2D eigenvalue weighted by Crippen LogP contribution is 2.27. The summed E-state index contributed by atoms with van der Waals surface area (Å²) in [4.78, 5) is 4.32. The van der Waals surface area contributed by atoms with Crippen LogP contribution < -0.4 is 4.74 Å². The van der Waals surface area contributed by atoms with Crippen LogP contribution in [0.5, 0.6) is 5.75 Å². The number of aromatic nitrogens is 1. The van der Waals surface area contributed by atoms with Crippen LogP contribution in [0.25, 0.3) is 0 Å². The normalized spacial score (nSPS) is 14.5. The zero-order chi connectivity index (χ0) is 7.84. The standard InChI is InChI=1S/C9H9NO/c1-6-3-4-9-8(10-6)5-7(2)11-9/h3-4H,2,5H2,1H3. The molecule has 1 aliphatic rings. The summed E-state index contributed by atoms with van der Waals surface area (Å²) in [5, 5.41) is 0. The molecule has 0 aromatic carbocycles. The Morgan fingerprint density at radius 3 is 3.18 bits per heavy atom. The summed E-state index contributed by atoms with van der Waals surface area (Å²) in [7, 11) is 0. The second kappa shape index (κ2) is 2.09. The van der Waals surface area contributed by atoms with Crippen molar-refractivity contribution in [2.45, 2.75) is 13.3 Å². The van der Waals surface area contributed by atoms with Crippen molar-refractivity contribution in [2.24, 2.45) is 0 Å². The third-order valence-corrected chi connectivity index (χ3v) is 1.69. The highest BCUT2D eigenvalue weighted by molar-refractivity contribution is 5.37. The second-order valence-electron chi connectivity index (χ2n) is 2.71. The molecule has 1 aliphatic heterocycles. The first-order valence-corrected chi connectivity index (χ1v) is 3.58. The van der Waals surface area contributed by atoms with E-state index in [1.54, 1.807) is 0 Å². The molecular formula is C9H9NO. The van der Waals surface area contributed by atoms with E-state index in [-0.39, 0.29) is 0 Å². The number of hydrogen-bond donors (Lipinski definition) is 0. The van der Waals surface area contributed by atoms with Crippen LogP contribution in [-0.2, 0) is 6.42 Å². The quantitative estimate of drug-likeness (QED) is 0.558. The van der Waals surface area contributed by atoms with E-state index in [1.807, 2.05) is 19.1 Å². The van der Waals surface area contributed by atoms with Gasteiger partial charge in [0.25, 0.3) is 0 Å². The fraction of sp³-hybridized carbons (Fsp3) is 0.222. The van der Waals surface area contributed by atoms with Crippen molar-refractivity contribution < 1.29 is 4.74 Å². The Morgan fingerprint density at radius 2 is 2.36 bits per heavy atom. The molecule has 0 spiro atoms. The van der Waals surface area contributed by atoms with Crippen molar-refractivity contribution >= 4 is 0 Å². The summed E-state index contributed by atoms with van der Waals surface area (Å²) in [6.07, 6.45) is 0.761. The lowest BCUT2D eigenvalue weighted by atomic mass is 10.2. The molecule has 11 heavy (non-hydrogen) atoms. The molecule has 2 heterocycles. The molecule has 0 bridgehead atoms. The van der Waals surface area contributed by atoms with Gasteiger partial charge in [-0.2, -0.15) is 0 Å². The maximum absolute atomic E-state index is 5.30. The second-order valence-corrected chi connectivity index (χ2v) is 2.71. The summed E-state index contributed by atoms with van der Waals surface area (Å²) in [5.41, 5.74) is 2.04. The van der Waals surface area contributed by atoms with Crippen LogP contribution in [0, 0.1) is 6.92 Å². The number of aryl methyl sites for hydroxylation is 1. The van der Waals surface area contributed by atoms with E-state index < -0.39 is 0 Å². The fourth-order valence-corrected chi connectivity index (χ4v) is 1.20. The average Bonchev–Trinajstić information content (AvgIpc) is 2.27. The Labute approximate surface area is 65.5 Å². The molecule has 1 aromatic rings. The van der Waals surface area contributed by atoms with Gasteiger partial charge in [0.15, 0.2) is 0 Å². The monoisotopic (exact) mass is 147 g/mol. The van der Waals surface area contributed by atoms with E-state index in [0.717, 1.165) is 29.3 Å². The predicted octanol–water partition coefficient (Wildman–Crippen LogP) is 1.84. The van der Waals surface area contributed by atoms with Crippen LogP contribution in [-0.4, -0.2) is 4.98 Å². The van der Waals surface area contributed by atoms with Crippen molar-refractivity contribution in [3.8, 4) is 5.75 Å². The first-order valence-electron chi connectivity index (χ1n) is 3.58. The van der Waals surface area contributed by atoms with Gasteiger partial charge in [-0.25, -0.2) is 0 Å². The van der Waals surface area contributed by atoms with E-state index in [9.17, 15) is 0 Å². The summed E-state index contributed by atoms with van der Waals surface area (Å²) in [6.45, 7) is 5.71. The van der Waals surface area contributed by atoms with Gasteiger partial charge in [0.05, 0.1) is 12.1 Å². The topological polar surface area (TPSA) is 22.1 Å². The fourth-order valence-electron chi connectivity index (χ4n) is 1.20. The van der Waals surface area contributed by atoms with Crippen LogP contribution in [0.4, 0.5) is 0 Å². The molecule has 0 aliphatic carbocycles. The molecule has 0 atom stereocenters. The lowest BCUT2D eigenvalue weighted by Gasteiger charge is -1.96. The smallest absolute Gasteiger partial charge is 0.148 e. The molecule has 0 saturated heterocycles. The zero-order valence-electron chi connectivity index (χ0n) is 6.42. The Kier molecular flexibility index (Phi) is 1.22. The first-order chi connectivity index (χ1) is 5.25. The van der Waals surface area contributed by atoms with E-state index in [2.05, 4.69) is 11.6 Å². The molecular weight excluding hydrogens is 138 g/mol. The van der Waals surface area contributed by atoms with Crippen LogP contribution in [0.3, 0.4) is 0 Å². The van der Waals surface area contributed by atoms with E-state index in [4.69, 9.17) is 4.74 Å². The van der Waals surface area contributed by atoms with Crippen LogP contribution >= 0.6 is 0 Å². The molecule has 0 saturated carbocycles. The minimum atomic E-state index is 0.761. The maximum atomic E-state index is 5.30. The molecule has 0 fully saturated rings. The Hall–Kier alpha value is -1.31. The van der Waals surface area contributed by atoms with Gasteiger partial charge in [0, 0.05) is 5.69 Å². The molecule has 56 valence electrons. The van der Waals surface area contributed by atoms with E-state index >= 15 is 0 Å². The van der Waals surface area contributed by atoms with Gasteiger partial charge in [-0.1, -0.05) is 6.58 Å². The molecule has 0 unspecified atom stereocenters. The van der Waals surface area contributed by atoms with E-state index in [0.29, 0.717) is 0 Å². The number of fused-ring (bicyclic) bond motifs is 1. The molecule has 0 N–H and O–H groups in total. The van der Waals surface area contributed by atoms with Crippen molar-refractivity contribution in [1.29, 1.82) is 0 Å². The summed E-state index contributed by atoms with van der Waals surface area (Å²) in [5.74, 6) is 1.65. The Morgan fingerprint density at radius 1 is 1.55 bits per heavy atom. The number of nitrogens with zero attached hydrogens (tertiary/aromatic N) is 1. The molecule has 2 rings (SSSR count). The van der Waals surface area contributed by atoms with Gasteiger partial charge in [0.1, 0.15) is 11.5 Å². The minimum absolute atomic E-state index is 0.761. The van der Waals surface area contributed by atoms with Crippen molar-refractivity contribution in [2.75, 3.05) is 0 Å². The molecule has 0 amide bonds. The first kappa shape index (κ1) is 6.40. The van der Waals surface area contributed by atoms with Gasteiger partial charge >= 0.3 is 0 Å². The van der Waals surface area contributed by atoms with Gasteiger partial charge in [-0.15, -0.1) is 0 Å². The van der Waals surface area contributed by atoms with E-state index in [1.165, 1.54) is 0 Å². The lowest BCUT2D eigenvalue weighted by Crippen LogP contribution is -1.85. The Balaban J connectivity index is 2.51. The highest BCUT2D eigenvalue weighted by Gasteiger charge is 2.16. The minimum Gasteiger partial charge on any atom is -0.460 e.